The lowest BCUT2D eigenvalue weighted by molar-refractivity contribution is -0.131. The second kappa shape index (κ2) is 6.94. The smallest absolute Gasteiger partial charge is 0.235 e. The average Bonchev–Trinajstić information content (AvgIpc) is 2.25. The van der Waals surface area contributed by atoms with Gasteiger partial charge in [-0.05, 0) is 25.2 Å². The summed E-state index contributed by atoms with van der Waals surface area (Å²) in [6.45, 7) is 7.89. The van der Waals surface area contributed by atoms with E-state index in [0.717, 1.165) is 13.1 Å². The largest absolute Gasteiger partial charge is 0.341 e. The van der Waals surface area contributed by atoms with E-state index in [0.29, 0.717) is 17.6 Å². The molecule has 0 saturated carbocycles. The lowest BCUT2D eigenvalue weighted by atomic mass is 9.92. The van der Waals surface area contributed by atoms with Crippen LogP contribution in [0, 0.1) is 11.8 Å². The van der Waals surface area contributed by atoms with Gasteiger partial charge in [0.2, 0.25) is 5.91 Å². The van der Waals surface area contributed by atoms with Crippen molar-refractivity contribution in [2.45, 2.75) is 27.2 Å². The zero-order chi connectivity index (χ0) is 12.8. The first-order valence-electron chi connectivity index (χ1n) is 6.26. The Hall–Kier alpha value is -0.640. The van der Waals surface area contributed by atoms with Gasteiger partial charge in [0.05, 0.1) is 0 Å². The van der Waals surface area contributed by atoms with Crippen molar-refractivity contribution in [2.24, 2.45) is 11.8 Å². The van der Waals surface area contributed by atoms with Crippen LogP contribution in [0.25, 0.3) is 0 Å². The molecule has 0 aromatic heterocycles. The van der Waals surface area contributed by atoms with Gasteiger partial charge in [-0.3, -0.25) is 9.00 Å². The average molecular weight is 257 g/mol. The highest BCUT2D eigenvalue weighted by molar-refractivity contribution is 7.85. The maximum Gasteiger partial charge on any atom is 0.235 e. The predicted molar refractivity (Wildman–Crippen MR) is 72.2 cm³/mol. The molecule has 1 aliphatic heterocycles. The molecule has 98 valence electrons. The molecule has 1 rings (SSSR count). The fourth-order valence-electron chi connectivity index (χ4n) is 2.36. The highest BCUT2D eigenvalue weighted by Crippen LogP contribution is 2.20. The lowest BCUT2D eigenvalue weighted by Crippen LogP contribution is -2.44. The van der Waals surface area contributed by atoms with Crippen LogP contribution in [0.2, 0.25) is 0 Å². The van der Waals surface area contributed by atoms with Gasteiger partial charge in [-0.2, -0.15) is 0 Å². The molecule has 1 heterocycles. The molecule has 0 spiro atoms. The number of rotatable bonds is 4. The number of hydrogen-bond donors (Lipinski definition) is 0. The van der Waals surface area contributed by atoms with E-state index in [1.54, 1.807) is 0 Å². The van der Waals surface area contributed by atoms with Crippen LogP contribution < -0.4 is 0 Å². The van der Waals surface area contributed by atoms with Crippen LogP contribution in [0.3, 0.4) is 0 Å². The Balaban J connectivity index is 2.44. The summed E-state index contributed by atoms with van der Waals surface area (Å²) >= 11 is 0. The van der Waals surface area contributed by atoms with E-state index >= 15 is 0 Å². The van der Waals surface area contributed by atoms with Gasteiger partial charge in [0.15, 0.2) is 0 Å². The third-order valence-corrected chi connectivity index (χ3v) is 4.16. The molecular formula is C13H23NO2S. The third-order valence-electron chi connectivity index (χ3n) is 3.02. The fraction of sp³-hybridized carbons (Fsp3) is 0.769. The van der Waals surface area contributed by atoms with Crippen molar-refractivity contribution >= 4 is 16.7 Å². The van der Waals surface area contributed by atoms with E-state index in [2.05, 4.69) is 13.8 Å². The van der Waals surface area contributed by atoms with Crippen molar-refractivity contribution in [1.82, 2.24) is 4.90 Å². The summed E-state index contributed by atoms with van der Waals surface area (Å²) in [5, 5.41) is 0. The van der Waals surface area contributed by atoms with Crippen LogP contribution in [0.15, 0.2) is 12.2 Å². The molecule has 0 unspecified atom stereocenters. The van der Waals surface area contributed by atoms with E-state index in [9.17, 15) is 9.00 Å². The van der Waals surface area contributed by atoms with Gasteiger partial charge in [-0.25, -0.2) is 0 Å². The molecule has 4 heteroatoms. The summed E-state index contributed by atoms with van der Waals surface area (Å²) < 4.78 is 11.6. The number of hydrogen-bond acceptors (Lipinski definition) is 2. The Morgan fingerprint density at radius 3 is 2.47 bits per heavy atom. The van der Waals surface area contributed by atoms with E-state index in [4.69, 9.17) is 0 Å². The lowest BCUT2D eigenvalue weighted by Gasteiger charge is -2.34. The maximum atomic E-state index is 12.0. The Morgan fingerprint density at radius 2 is 1.94 bits per heavy atom. The van der Waals surface area contributed by atoms with Crippen molar-refractivity contribution in [3.8, 4) is 0 Å². The van der Waals surface area contributed by atoms with Gasteiger partial charge in [0, 0.05) is 29.6 Å². The molecular weight excluding hydrogens is 234 g/mol. The van der Waals surface area contributed by atoms with Gasteiger partial charge in [0.1, 0.15) is 5.75 Å². The summed E-state index contributed by atoms with van der Waals surface area (Å²) in [7, 11) is -1.05. The Kier molecular flexibility index (Phi) is 5.89. The molecule has 1 fully saturated rings. The van der Waals surface area contributed by atoms with Crippen LogP contribution in [0.1, 0.15) is 27.2 Å². The zero-order valence-corrected chi connectivity index (χ0v) is 11.8. The standard InChI is InChI=1S/C13H23NO2S/c1-4-5-6-17(16)10-13(15)14-8-11(2)7-12(3)9-14/h4-5,11-12H,6-10H2,1-3H3/b5-4+/t11-,12+,17-/m1/s1. The predicted octanol–water partition coefficient (Wildman–Crippen LogP) is 1.82. The first-order valence-corrected chi connectivity index (χ1v) is 7.75. The monoisotopic (exact) mass is 257 g/mol. The number of allylic oxidation sites excluding steroid dienone is 1. The second-order valence-corrected chi connectivity index (χ2v) is 6.57. The maximum absolute atomic E-state index is 12.0. The fourth-order valence-corrected chi connectivity index (χ4v) is 3.34. The minimum Gasteiger partial charge on any atom is -0.341 e. The van der Waals surface area contributed by atoms with E-state index < -0.39 is 10.8 Å². The number of piperidine rings is 1. The molecule has 1 aliphatic rings. The van der Waals surface area contributed by atoms with Crippen LogP contribution in [0.4, 0.5) is 0 Å². The summed E-state index contributed by atoms with van der Waals surface area (Å²) in [4.78, 5) is 13.9. The van der Waals surface area contributed by atoms with Gasteiger partial charge in [-0.1, -0.05) is 26.0 Å². The van der Waals surface area contributed by atoms with Crippen LogP contribution in [0.5, 0.6) is 0 Å². The number of carbonyl (C=O) groups excluding carboxylic acids is 1. The minimum absolute atomic E-state index is 0.0474. The van der Waals surface area contributed by atoms with E-state index in [1.165, 1.54) is 6.42 Å². The number of carbonyl (C=O) groups is 1. The van der Waals surface area contributed by atoms with Gasteiger partial charge in [0.25, 0.3) is 0 Å². The normalized spacial score (nSPS) is 27.4. The minimum atomic E-state index is -1.05. The van der Waals surface area contributed by atoms with Crippen molar-refractivity contribution in [3.05, 3.63) is 12.2 Å². The number of nitrogens with zero attached hydrogens (tertiary/aromatic N) is 1. The summed E-state index contributed by atoms with van der Waals surface area (Å²) in [6.07, 6.45) is 4.91. The Labute approximate surface area is 107 Å². The molecule has 0 aromatic carbocycles. The molecule has 0 bridgehead atoms. The topological polar surface area (TPSA) is 37.4 Å². The second-order valence-electron chi connectivity index (χ2n) is 5.06. The molecule has 3 atom stereocenters. The van der Waals surface area contributed by atoms with Crippen LogP contribution in [-0.2, 0) is 15.6 Å². The van der Waals surface area contributed by atoms with Gasteiger partial charge >= 0.3 is 0 Å². The van der Waals surface area contributed by atoms with Crippen LogP contribution in [-0.4, -0.2) is 39.6 Å². The number of amides is 1. The summed E-state index contributed by atoms with van der Waals surface area (Å²) in [5.74, 6) is 1.83. The van der Waals surface area contributed by atoms with Crippen molar-refractivity contribution in [3.63, 3.8) is 0 Å². The van der Waals surface area contributed by atoms with Crippen molar-refractivity contribution < 1.29 is 9.00 Å². The summed E-state index contributed by atoms with van der Waals surface area (Å²) in [5.41, 5.74) is 0. The molecule has 0 aromatic rings. The molecule has 0 radical (unpaired) electrons. The van der Waals surface area contributed by atoms with E-state index in [-0.39, 0.29) is 11.7 Å². The van der Waals surface area contributed by atoms with Gasteiger partial charge in [-0.15, -0.1) is 0 Å². The highest BCUT2D eigenvalue weighted by atomic mass is 32.2. The molecule has 3 nitrogen and oxygen atoms in total. The highest BCUT2D eigenvalue weighted by Gasteiger charge is 2.25. The first-order chi connectivity index (χ1) is 8.02. The zero-order valence-electron chi connectivity index (χ0n) is 11.0. The Morgan fingerprint density at radius 1 is 1.35 bits per heavy atom. The Bertz CT molecular complexity index is 305. The molecule has 0 aliphatic carbocycles. The SMILES string of the molecule is C/C=C/C[S@@](=O)CC(=O)N1C[C@H](C)C[C@H](C)C1. The first kappa shape index (κ1) is 14.4. The molecule has 1 saturated heterocycles. The van der Waals surface area contributed by atoms with E-state index in [1.807, 2.05) is 24.0 Å². The summed E-state index contributed by atoms with van der Waals surface area (Å²) in [6, 6.07) is 0. The van der Waals surface area contributed by atoms with Gasteiger partial charge < -0.3 is 4.90 Å². The number of likely N-dealkylation sites (tertiary alicyclic amines) is 1. The van der Waals surface area contributed by atoms with Crippen molar-refractivity contribution in [2.75, 3.05) is 24.6 Å². The molecule has 0 N–H and O–H groups in total. The molecule has 17 heavy (non-hydrogen) atoms. The third kappa shape index (κ3) is 5.02. The van der Waals surface area contributed by atoms with Crippen molar-refractivity contribution in [1.29, 1.82) is 0 Å². The quantitative estimate of drug-likeness (QED) is 0.720. The van der Waals surface area contributed by atoms with Crippen LogP contribution >= 0.6 is 0 Å². The molecule has 1 amide bonds.